The van der Waals surface area contributed by atoms with Crippen molar-refractivity contribution in [3.05, 3.63) is 100 Å². The molecule has 0 radical (unpaired) electrons. The number of halogens is 1. The average molecular weight is 393 g/mol. The molecule has 28 heavy (non-hydrogen) atoms. The highest BCUT2D eigenvalue weighted by Gasteiger charge is 2.18. The lowest BCUT2D eigenvalue weighted by Gasteiger charge is -2.13. The van der Waals surface area contributed by atoms with Crippen LogP contribution in [0.4, 0.5) is 10.1 Å². The van der Waals surface area contributed by atoms with Crippen LogP contribution < -0.4 is 4.72 Å². The van der Waals surface area contributed by atoms with Gasteiger partial charge in [0.15, 0.2) is 0 Å². The molecule has 1 aliphatic carbocycles. The van der Waals surface area contributed by atoms with Crippen molar-refractivity contribution in [2.45, 2.75) is 12.8 Å². The number of aryl methyl sites for hydroxylation is 2. The molecule has 1 N–H and O–H groups in total. The Morgan fingerprint density at radius 3 is 2.46 bits per heavy atom. The van der Waals surface area contributed by atoms with Gasteiger partial charge in [-0.05, 0) is 76.6 Å². The third-order valence-electron chi connectivity index (χ3n) is 4.83. The molecule has 4 rings (SSSR count). The monoisotopic (exact) mass is 393 g/mol. The molecule has 5 heteroatoms. The van der Waals surface area contributed by atoms with Gasteiger partial charge in [0.2, 0.25) is 10.0 Å². The van der Waals surface area contributed by atoms with Crippen molar-refractivity contribution in [3.63, 3.8) is 0 Å². The summed E-state index contributed by atoms with van der Waals surface area (Å²) in [5.41, 5.74) is 6.72. The number of fused-ring (bicyclic) bond motifs is 2. The largest absolute Gasteiger partial charge is 0.284 e. The van der Waals surface area contributed by atoms with Crippen LogP contribution in [-0.2, 0) is 22.9 Å². The zero-order valence-electron chi connectivity index (χ0n) is 15.4. The molecule has 3 nitrogen and oxygen atoms in total. The number of benzene rings is 3. The fraction of sp³-hybridized carbons (Fsp3) is 0.130. The van der Waals surface area contributed by atoms with Crippen LogP contribution in [0, 0.1) is 5.82 Å². The topological polar surface area (TPSA) is 46.2 Å². The fourth-order valence-electron chi connectivity index (χ4n) is 3.68. The Kier molecular flexibility index (Phi) is 4.77. The van der Waals surface area contributed by atoms with Gasteiger partial charge in [0.25, 0.3) is 0 Å². The van der Waals surface area contributed by atoms with Crippen LogP contribution in [0.1, 0.15) is 27.8 Å². The zero-order chi connectivity index (χ0) is 19.7. The molecular formula is C23H20FNO2S. The van der Waals surface area contributed by atoms with E-state index in [1.165, 1.54) is 11.6 Å². The first kappa shape index (κ1) is 18.4. The second-order valence-electron chi connectivity index (χ2n) is 7.02. The van der Waals surface area contributed by atoms with Crippen molar-refractivity contribution in [2.75, 3.05) is 11.0 Å². The number of sulfonamides is 1. The first-order chi connectivity index (χ1) is 13.4. The van der Waals surface area contributed by atoms with Gasteiger partial charge in [0, 0.05) is 5.69 Å². The molecule has 0 bridgehead atoms. The first-order valence-electron chi connectivity index (χ1n) is 9.06. The molecule has 0 atom stereocenters. The molecule has 0 saturated heterocycles. The third kappa shape index (κ3) is 3.99. The SMILES string of the molecule is CS(=O)(=O)Nc1cccc(/C=C2/c3ccccc3CCc3cc(F)ccc32)c1. The van der Waals surface area contributed by atoms with Crippen LogP contribution in [0.3, 0.4) is 0 Å². The number of nitrogens with one attached hydrogen (secondary N) is 1. The van der Waals surface area contributed by atoms with E-state index in [1.807, 2.05) is 36.4 Å². The van der Waals surface area contributed by atoms with Gasteiger partial charge in [-0.25, -0.2) is 12.8 Å². The molecule has 0 amide bonds. The Morgan fingerprint density at radius 2 is 1.64 bits per heavy atom. The minimum atomic E-state index is -3.35. The fourth-order valence-corrected chi connectivity index (χ4v) is 4.23. The molecule has 3 aromatic carbocycles. The second-order valence-corrected chi connectivity index (χ2v) is 8.76. The van der Waals surface area contributed by atoms with Crippen LogP contribution >= 0.6 is 0 Å². The minimum absolute atomic E-state index is 0.233. The van der Waals surface area contributed by atoms with Crippen molar-refractivity contribution < 1.29 is 12.8 Å². The molecule has 0 heterocycles. The van der Waals surface area contributed by atoms with Crippen LogP contribution in [0.25, 0.3) is 11.6 Å². The second kappa shape index (κ2) is 7.24. The Morgan fingerprint density at radius 1 is 0.893 bits per heavy atom. The number of hydrogen-bond donors (Lipinski definition) is 1. The molecule has 0 spiro atoms. The summed E-state index contributed by atoms with van der Waals surface area (Å²) < 4.78 is 39.4. The number of hydrogen-bond acceptors (Lipinski definition) is 2. The van der Waals surface area contributed by atoms with Crippen LogP contribution in [0.2, 0.25) is 0 Å². The average Bonchev–Trinajstić information content (AvgIpc) is 2.78. The highest BCUT2D eigenvalue weighted by molar-refractivity contribution is 7.92. The van der Waals surface area contributed by atoms with E-state index in [9.17, 15) is 12.8 Å². The lowest BCUT2D eigenvalue weighted by atomic mass is 9.92. The summed E-state index contributed by atoms with van der Waals surface area (Å²) in [4.78, 5) is 0. The van der Waals surface area contributed by atoms with Crippen molar-refractivity contribution in [1.29, 1.82) is 0 Å². The summed E-state index contributed by atoms with van der Waals surface area (Å²) in [6.45, 7) is 0. The highest BCUT2D eigenvalue weighted by Crippen LogP contribution is 2.35. The molecular weight excluding hydrogens is 373 g/mol. The van der Waals surface area contributed by atoms with Crippen molar-refractivity contribution in [3.8, 4) is 0 Å². The summed E-state index contributed by atoms with van der Waals surface area (Å²) in [7, 11) is -3.35. The van der Waals surface area contributed by atoms with Gasteiger partial charge < -0.3 is 0 Å². The van der Waals surface area contributed by atoms with E-state index >= 15 is 0 Å². The molecule has 0 fully saturated rings. The summed E-state index contributed by atoms with van der Waals surface area (Å²) >= 11 is 0. The normalized spacial score (nSPS) is 14.9. The van der Waals surface area contributed by atoms with Gasteiger partial charge in [0.1, 0.15) is 5.82 Å². The smallest absolute Gasteiger partial charge is 0.229 e. The van der Waals surface area contributed by atoms with E-state index < -0.39 is 10.0 Å². The van der Waals surface area contributed by atoms with E-state index in [2.05, 4.69) is 16.9 Å². The third-order valence-corrected chi connectivity index (χ3v) is 5.44. The standard InChI is InChI=1S/C23H20FNO2S/c1-28(26,27)25-20-7-4-5-16(13-20)14-23-21-8-3-2-6-17(21)9-10-18-15-19(24)11-12-22(18)23/h2-8,11-15,25H,9-10H2,1H3/b23-14-. The summed E-state index contributed by atoms with van der Waals surface area (Å²) in [5.74, 6) is -0.233. The molecule has 0 aliphatic heterocycles. The van der Waals surface area contributed by atoms with Crippen LogP contribution in [0.15, 0.2) is 66.7 Å². The van der Waals surface area contributed by atoms with Crippen molar-refractivity contribution in [2.24, 2.45) is 0 Å². The van der Waals surface area contributed by atoms with Gasteiger partial charge in [-0.1, -0.05) is 42.5 Å². The van der Waals surface area contributed by atoms with Gasteiger partial charge >= 0.3 is 0 Å². The molecule has 1 aliphatic rings. The Hall–Kier alpha value is -2.92. The van der Waals surface area contributed by atoms with Crippen LogP contribution in [0.5, 0.6) is 0 Å². The summed E-state index contributed by atoms with van der Waals surface area (Å²) in [6.07, 6.45) is 4.79. The first-order valence-corrected chi connectivity index (χ1v) is 10.9. The molecule has 0 aromatic heterocycles. The van der Waals surface area contributed by atoms with Gasteiger partial charge in [0.05, 0.1) is 6.26 Å². The van der Waals surface area contributed by atoms with E-state index in [1.54, 1.807) is 18.2 Å². The highest BCUT2D eigenvalue weighted by atomic mass is 32.2. The van der Waals surface area contributed by atoms with Crippen molar-refractivity contribution in [1.82, 2.24) is 0 Å². The predicted molar refractivity (Wildman–Crippen MR) is 112 cm³/mol. The van der Waals surface area contributed by atoms with Gasteiger partial charge in [-0.2, -0.15) is 0 Å². The Balaban J connectivity index is 1.88. The van der Waals surface area contributed by atoms with Crippen molar-refractivity contribution >= 4 is 27.4 Å². The van der Waals surface area contributed by atoms with Crippen LogP contribution in [-0.4, -0.2) is 14.7 Å². The van der Waals surface area contributed by atoms with Gasteiger partial charge in [-0.3, -0.25) is 4.72 Å². The molecule has 0 saturated carbocycles. The maximum atomic E-state index is 13.8. The Bertz CT molecular complexity index is 1180. The summed E-state index contributed by atoms with van der Waals surface area (Å²) in [6, 6.07) is 20.4. The lowest BCUT2D eigenvalue weighted by Crippen LogP contribution is -2.09. The van der Waals surface area contributed by atoms with E-state index in [0.29, 0.717) is 5.69 Å². The number of rotatable bonds is 3. The maximum Gasteiger partial charge on any atom is 0.229 e. The van der Waals surface area contributed by atoms with E-state index in [0.717, 1.165) is 46.9 Å². The molecule has 0 unspecified atom stereocenters. The minimum Gasteiger partial charge on any atom is -0.284 e. The zero-order valence-corrected chi connectivity index (χ0v) is 16.3. The van der Waals surface area contributed by atoms with Gasteiger partial charge in [-0.15, -0.1) is 0 Å². The predicted octanol–water partition coefficient (Wildman–Crippen LogP) is 4.88. The quantitative estimate of drug-likeness (QED) is 0.689. The maximum absolute atomic E-state index is 13.8. The Labute approximate surface area is 164 Å². The van der Waals surface area contributed by atoms with E-state index in [4.69, 9.17) is 0 Å². The lowest BCUT2D eigenvalue weighted by molar-refractivity contribution is 0.607. The molecule has 3 aromatic rings. The van der Waals surface area contributed by atoms with E-state index in [-0.39, 0.29) is 5.82 Å². The molecule has 142 valence electrons. The summed E-state index contributed by atoms with van der Waals surface area (Å²) in [5, 5.41) is 0. The number of anilines is 1.